The molecule has 5 nitrogen and oxygen atoms in total. The Morgan fingerprint density at radius 2 is 2.44 bits per heavy atom. The highest BCUT2D eigenvalue weighted by Crippen LogP contribution is 2.08. The molecule has 84 valence electrons. The molecule has 0 bridgehead atoms. The van der Waals surface area contributed by atoms with Crippen molar-refractivity contribution in [1.82, 2.24) is 14.8 Å². The fourth-order valence-corrected chi connectivity index (χ4v) is 1.84. The standard InChI is InChI=1S/C10H11N3O2S/c1-2-15-10(14)8-3-12-13(5-8)6-9-4-11-7-16-9/h3-5,7H,2,6H2,1H3. The monoisotopic (exact) mass is 237 g/mol. The summed E-state index contributed by atoms with van der Waals surface area (Å²) in [5, 5.41) is 4.09. The molecule has 2 rings (SSSR count). The number of thiazole rings is 1. The summed E-state index contributed by atoms with van der Waals surface area (Å²) >= 11 is 1.56. The molecule has 0 unspecified atom stereocenters. The minimum atomic E-state index is -0.335. The van der Waals surface area contributed by atoms with E-state index < -0.39 is 0 Å². The summed E-state index contributed by atoms with van der Waals surface area (Å²) in [5.41, 5.74) is 2.25. The molecule has 0 aromatic carbocycles. The zero-order valence-electron chi connectivity index (χ0n) is 8.79. The van der Waals surface area contributed by atoms with Crippen LogP contribution in [0.25, 0.3) is 0 Å². The van der Waals surface area contributed by atoms with Gasteiger partial charge in [-0.05, 0) is 6.92 Å². The van der Waals surface area contributed by atoms with Crippen LogP contribution in [0.1, 0.15) is 22.2 Å². The summed E-state index contributed by atoms with van der Waals surface area (Å²) < 4.78 is 6.57. The smallest absolute Gasteiger partial charge is 0.341 e. The van der Waals surface area contributed by atoms with Crippen molar-refractivity contribution in [3.63, 3.8) is 0 Å². The largest absolute Gasteiger partial charge is 0.462 e. The van der Waals surface area contributed by atoms with Gasteiger partial charge in [0.15, 0.2) is 0 Å². The maximum atomic E-state index is 11.4. The van der Waals surface area contributed by atoms with Gasteiger partial charge in [0.05, 0.1) is 30.4 Å². The third-order valence-electron chi connectivity index (χ3n) is 1.95. The lowest BCUT2D eigenvalue weighted by atomic mass is 10.4. The molecule has 0 saturated carbocycles. The van der Waals surface area contributed by atoms with E-state index in [9.17, 15) is 4.79 Å². The Bertz CT molecular complexity index is 464. The molecule has 0 radical (unpaired) electrons. The number of rotatable bonds is 4. The highest BCUT2D eigenvalue weighted by molar-refractivity contribution is 7.09. The third kappa shape index (κ3) is 2.46. The lowest BCUT2D eigenvalue weighted by molar-refractivity contribution is 0.0526. The van der Waals surface area contributed by atoms with Gasteiger partial charge in [-0.15, -0.1) is 11.3 Å². The second-order valence-corrected chi connectivity index (χ2v) is 4.09. The second-order valence-electron chi connectivity index (χ2n) is 3.11. The van der Waals surface area contributed by atoms with Crippen molar-refractivity contribution in [2.24, 2.45) is 0 Å². The van der Waals surface area contributed by atoms with E-state index in [2.05, 4.69) is 10.1 Å². The molecule has 16 heavy (non-hydrogen) atoms. The average molecular weight is 237 g/mol. The number of aromatic nitrogens is 3. The van der Waals surface area contributed by atoms with Crippen LogP contribution < -0.4 is 0 Å². The third-order valence-corrected chi connectivity index (χ3v) is 2.71. The average Bonchev–Trinajstić information content (AvgIpc) is 2.90. The van der Waals surface area contributed by atoms with Crippen LogP contribution in [0.4, 0.5) is 0 Å². The first-order valence-corrected chi connectivity index (χ1v) is 5.74. The number of esters is 1. The number of carbonyl (C=O) groups is 1. The van der Waals surface area contributed by atoms with Crippen LogP contribution in [-0.2, 0) is 11.3 Å². The van der Waals surface area contributed by atoms with Gasteiger partial charge in [-0.25, -0.2) is 4.79 Å². The fraction of sp³-hybridized carbons (Fsp3) is 0.300. The van der Waals surface area contributed by atoms with Gasteiger partial charge in [0, 0.05) is 17.3 Å². The van der Waals surface area contributed by atoms with Gasteiger partial charge in [-0.1, -0.05) is 0 Å². The van der Waals surface area contributed by atoms with Crippen LogP contribution in [0.5, 0.6) is 0 Å². The molecule has 0 aliphatic heterocycles. The molecular formula is C10H11N3O2S. The van der Waals surface area contributed by atoms with Gasteiger partial charge >= 0.3 is 5.97 Å². The molecule has 6 heteroatoms. The predicted octanol–water partition coefficient (Wildman–Crippen LogP) is 1.56. The van der Waals surface area contributed by atoms with Gasteiger partial charge in [0.2, 0.25) is 0 Å². The van der Waals surface area contributed by atoms with Gasteiger partial charge in [-0.3, -0.25) is 9.67 Å². The predicted molar refractivity (Wildman–Crippen MR) is 59.4 cm³/mol. The molecule has 0 fully saturated rings. The Hall–Kier alpha value is -1.69. The zero-order valence-corrected chi connectivity index (χ0v) is 9.61. The molecular weight excluding hydrogens is 226 g/mol. The molecule has 0 atom stereocenters. The van der Waals surface area contributed by atoms with E-state index in [4.69, 9.17) is 4.74 Å². The first kappa shape index (κ1) is 10.8. The lowest BCUT2D eigenvalue weighted by Crippen LogP contribution is -2.03. The van der Waals surface area contributed by atoms with Gasteiger partial charge in [-0.2, -0.15) is 5.10 Å². The molecule has 0 aliphatic rings. The Morgan fingerprint density at radius 1 is 1.56 bits per heavy atom. The maximum absolute atomic E-state index is 11.4. The summed E-state index contributed by atoms with van der Waals surface area (Å²) in [7, 11) is 0. The molecule has 0 aliphatic carbocycles. The van der Waals surface area contributed by atoms with E-state index >= 15 is 0 Å². The Morgan fingerprint density at radius 3 is 3.12 bits per heavy atom. The van der Waals surface area contributed by atoms with Crippen molar-refractivity contribution >= 4 is 17.3 Å². The molecule has 2 heterocycles. The van der Waals surface area contributed by atoms with Crippen LogP contribution in [0.15, 0.2) is 24.1 Å². The van der Waals surface area contributed by atoms with E-state index in [1.54, 1.807) is 40.8 Å². The summed E-state index contributed by atoms with van der Waals surface area (Å²) in [6.07, 6.45) is 4.98. The number of carbonyl (C=O) groups excluding carboxylic acids is 1. The van der Waals surface area contributed by atoms with Crippen molar-refractivity contribution in [3.8, 4) is 0 Å². The maximum Gasteiger partial charge on any atom is 0.341 e. The van der Waals surface area contributed by atoms with E-state index in [0.717, 1.165) is 4.88 Å². The second kappa shape index (κ2) is 4.89. The summed E-state index contributed by atoms with van der Waals surface area (Å²) in [6.45, 7) is 2.78. The first-order chi connectivity index (χ1) is 7.79. The highest BCUT2D eigenvalue weighted by Gasteiger charge is 2.09. The molecule has 2 aromatic rings. The minimum absolute atomic E-state index is 0.335. The van der Waals surface area contributed by atoms with Crippen LogP contribution in [0.3, 0.4) is 0 Å². The van der Waals surface area contributed by atoms with E-state index in [1.165, 1.54) is 6.20 Å². The van der Waals surface area contributed by atoms with E-state index in [-0.39, 0.29) is 5.97 Å². The lowest BCUT2D eigenvalue weighted by Gasteiger charge is -1.97. The summed E-state index contributed by atoms with van der Waals surface area (Å²) in [5.74, 6) is -0.335. The van der Waals surface area contributed by atoms with E-state index in [0.29, 0.717) is 18.7 Å². The van der Waals surface area contributed by atoms with E-state index in [1.807, 2.05) is 0 Å². The molecule has 0 saturated heterocycles. The topological polar surface area (TPSA) is 57.0 Å². The molecule has 0 N–H and O–H groups in total. The van der Waals surface area contributed by atoms with Crippen molar-refractivity contribution in [2.45, 2.75) is 13.5 Å². The minimum Gasteiger partial charge on any atom is -0.462 e. The number of nitrogens with zero attached hydrogens (tertiary/aromatic N) is 3. The van der Waals surface area contributed by atoms with Gasteiger partial charge < -0.3 is 4.74 Å². The van der Waals surface area contributed by atoms with Crippen LogP contribution in [0, 0.1) is 0 Å². The normalized spacial score (nSPS) is 10.3. The number of hydrogen-bond donors (Lipinski definition) is 0. The van der Waals surface area contributed by atoms with Gasteiger partial charge in [0.1, 0.15) is 0 Å². The Balaban J connectivity index is 2.05. The van der Waals surface area contributed by atoms with Crippen molar-refractivity contribution in [2.75, 3.05) is 6.61 Å². The molecule has 0 amide bonds. The molecule has 0 spiro atoms. The SMILES string of the molecule is CCOC(=O)c1cnn(Cc2cncs2)c1. The van der Waals surface area contributed by atoms with Crippen LogP contribution in [0.2, 0.25) is 0 Å². The van der Waals surface area contributed by atoms with Crippen molar-refractivity contribution < 1.29 is 9.53 Å². The summed E-state index contributed by atoms with van der Waals surface area (Å²) in [4.78, 5) is 16.4. The number of hydrogen-bond acceptors (Lipinski definition) is 5. The Labute approximate surface area is 96.7 Å². The fourth-order valence-electron chi connectivity index (χ4n) is 1.25. The van der Waals surface area contributed by atoms with Crippen LogP contribution >= 0.6 is 11.3 Å². The zero-order chi connectivity index (χ0) is 11.4. The molecule has 2 aromatic heterocycles. The summed E-state index contributed by atoms with van der Waals surface area (Å²) in [6, 6.07) is 0. The van der Waals surface area contributed by atoms with Crippen LogP contribution in [-0.4, -0.2) is 27.3 Å². The Kier molecular flexibility index (Phi) is 3.31. The van der Waals surface area contributed by atoms with Crippen molar-refractivity contribution in [3.05, 3.63) is 34.5 Å². The highest BCUT2D eigenvalue weighted by atomic mass is 32.1. The van der Waals surface area contributed by atoms with Crippen molar-refractivity contribution in [1.29, 1.82) is 0 Å². The number of ether oxygens (including phenoxy) is 1. The quantitative estimate of drug-likeness (QED) is 0.757. The van der Waals surface area contributed by atoms with Gasteiger partial charge in [0.25, 0.3) is 0 Å². The first-order valence-electron chi connectivity index (χ1n) is 4.86.